The standard InChI is InChI=1S/C28H35N2P/c1-2-9-20(10-3-1)21-13-8-14-24(17-21)31-29-25-15-6-4-11-22(25)18-27(29)28-19-23-12-5-7-16-26(23)30(28)31/h1-3,8-10,13-14,17,22-23,25-28H,4-7,11-12,15-16,18-19H2. The maximum atomic E-state index is 3.12. The van der Waals surface area contributed by atoms with Crippen LogP contribution in [-0.4, -0.2) is 33.5 Å². The summed E-state index contributed by atoms with van der Waals surface area (Å²) in [4.78, 5) is 0. The normalized spacial score (nSPS) is 39.7. The van der Waals surface area contributed by atoms with Gasteiger partial charge in [0.15, 0.2) is 0 Å². The summed E-state index contributed by atoms with van der Waals surface area (Å²) in [5.41, 5.74) is 2.76. The Hall–Kier alpha value is -1.21. The van der Waals surface area contributed by atoms with E-state index >= 15 is 0 Å². The molecule has 0 amide bonds. The highest BCUT2D eigenvalue weighted by molar-refractivity contribution is 7.61. The largest absolute Gasteiger partial charge is 0.258 e. The molecule has 162 valence electrons. The average Bonchev–Trinajstić information content (AvgIpc) is 3.48. The molecule has 0 spiro atoms. The molecule has 2 aromatic carbocycles. The van der Waals surface area contributed by atoms with Gasteiger partial charge in [-0.1, -0.05) is 74.2 Å². The van der Waals surface area contributed by atoms with Crippen LogP contribution in [0.5, 0.6) is 0 Å². The monoisotopic (exact) mass is 430 g/mol. The topological polar surface area (TPSA) is 6.48 Å². The number of fused-ring (bicyclic) bond motifs is 7. The number of rotatable bonds is 2. The van der Waals surface area contributed by atoms with Crippen molar-refractivity contribution in [2.45, 2.75) is 88.4 Å². The lowest BCUT2D eigenvalue weighted by atomic mass is 9.83. The van der Waals surface area contributed by atoms with Gasteiger partial charge in [0.05, 0.1) is 8.22 Å². The van der Waals surface area contributed by atoms with Crippen LogP contribution >= 0.6 is 8.22 Å². The maximum absolute atomic E-state index is 3.12. The van der Waals surface area contributed by atoms with Gasteiger partial charge in [0.2, 0.25) is 0 Å². The van der Waals surface area contributed by atoms with E-state index in [0.29, 0.717) is 0 Å². The maximum Gasteiger partial charge on any atom is 0.0736 e. The first-order chi connectivity index (χ1) is 15.4. The molecule has 0 bridgehead atoms. The summed E-state index contributed by atoms with van der Waals surface area (Å²) in [5.74, 6) is 1.96. The molecule has 3 heterocycles. The Morgan fingerprint density at radius 2 is 1.16 bits per heavy atom. The Balaban J connectivity index is 1.32. The second-order valence-electron chi connectivity index (χ2n) is 10.8. The lowest BCUT2D eigenvalue weighted by molar-refractivity contribution is 0.250. The summed E-state index contributed by atoms with van der Waals surface area (Å²) >= 11 is 0. The van der Waals surface area contributed by atoms with Crippen molar-refractivity contribution in [2.24, 2.45) is 11.8 Å². The molecular formula is C28H35N2P. The van der Waals surface area contributed by atoms with Gasteiger partial charge in [-0.3, -0.25) is 9.34 Å². The molecule has 5 aliphatic rings. The van der Waals surface area contributed by atoms with Crippen LogP contribution in [0.4, 0.5) is 0 Å². The van der Waals surface area contributed by atoms with Crippen LogP contribution in [-0.2, 0) is 0 Å². The number of hydrogen-bond acceptors (Lipinski definition) is 2. The minimum atomic E-state index is -0.348. The Labute approximate surface area is 188 Å². The molecule has 5 fully saturated rings. The van der Waals surface area contributed by atoms with Gasteiger partial charge in [0.25, 0.3) is 0 Å². The third kappa shape index (κ3) is 3.01. The van der Waals surface area contributed by atoms with Crippen molar-refractivity contribution in [1.29, 1.82) is 0 Å². The zero-order valence-electron chi connectivity index (χ0n) is 18.6. The van der Waals surface area contributed by atoms with Gasteiger partial charge in [-0.2, -0.15) is 0 Å². The van der Waals surface area contributed by atoms with E-state index in [0.717, 1.165) is 36.0 Å². The summed E-state index contributed by atoms with van der Waals surface area (Å²) in [6.45, 7) is 0. The van der Waals surface area contributed by atoms with Crippen LogP contribution in [0.2, 0.25) is 0 Å². The first-order valence-corrected chi connectivity index (χ1v) is 14.2. The Kier molecular flexibility index (Phi) is 4.78. The highest BCUT2D eigenvalue weighted by atomic mass is 31.1. The van der Waals surface area contributed by atoms with Crippen molar-refractivity contribution in [2.75, 3.05) is 0 Å². The zero-order chi connectivity index (χ0) is 20.4. The van der Waals surface area contributed by atoms with E-state index in [4.69, 9.17) is 0 Å². The van der Waals surface area contributed by atoms with Crippen LogP contribution in [0, 0.1) is 11.8 Å². The molecule has 6 atom stereocenters. The highest BCUT2D eigenvalue weighted by Gasteiger charge is 2.61. The van der Waals surface area contributed by atoms with E-state index < -0.39 is 0 Å². The number of benzene rings is 2. The molecule has 0 radical (unpaired) electrons. The van der Waals surface area contributed by atoms with Gasteiger partial charge in [0.1, 0.15) is 0 Å². The predicted octanol–water partition coefficient (Wildman–Crippen LogP) is 6.57. The van der Waals surface area contributed by atoms with Crippen molar-refractivity contribution in [3.05, 3.63) is 54.6 Å². The van der Waals surface area contributed by atoms with Crippen LogP contribution in [0.15, 0.2) is 54.6 Å². The molecule has 0 aromatic heterocycles. The predicted molar refractivity (Wildman–Crippen MR) is 130 cm³/mol. The highest BCUT2D eigenvalue weighted by Crippen LogP contribution is 2.67. The van der Waals surface area contributed by atoms with Gasteiger partial charge in [-0.25, -0.2) is 0 Å². The van der Waals surface area contributed by atoms with E-state index in [1.807, 2.05) is 0 Å². The van der Waals surface area contributed by atoms with E-state index in [1.54, 1.807) is 5.30 Å². The quantitative estimate of drug-likeness (QED) is 0.497. The third-order valence-corrected chi connectivity index (χ3v) is 12.1. The van der Waals surface area contributed by atoms with Gasteiger partial charge < -0.3 is 0 Å². The molecule has 7 rings (SSSR count). The molecule has 0 N–H and O–H groups in total. The van der Waals surface area contributed by atoms with Crippen LogP contribution in [0.3, 0.4) is 0 Å². The molecule has 2 aromatic rings. The molecule has 3 saturated heterocycles. The van der Waals surface area contributed by atoms with Crippen molar-refractivity contribution in [3.63, 3.8) is 0 Å². The smallest absolute Gasteiger partial charge is 0.0736 e. The first kappa shape index (κ1) is 19.3. The fourth-order valence-electron chi connectivity index (χ4n) is 8.01. The SMILES string of the molecule is c1ccc(-c2cccc(P3N4C5CCCCC5CC4C4CC5CCCCC5N43)c2)cc1. The summed E-state index contributed by atoms with van der Waals surface area (Å²) in [7, 11) is -0.348. The molecule has 6 unspecified atom stereocenters. The van der Waals surface area contributed by atoms with Crippen molar-refractivity contribution < 1.29 is 0 Å². The van der Waals surface area contributed by atoms with Crippen LogP contribution in [0.25, 0.3) is 11.1 Å². The summed E-state index contributed by atoms with van der Waals surface area (Å²) in [6, 6.07) is 24.1. The molecule has 2 nitrogen and oxygen atoms in total. The van der Waals surface area contributed by atoms with Crippen LogP contribution < -0.4 is 5.30 Å². The third-order valence-electron chi connectivity index (χ3n) is 9.25. The zero-order valence-corrected chi connectivity index (χ0v) is 19.5. The molecular weight excluding hydrogens is 395 g/mol. The van der Waals surface area contributed by atoms with Gasteiger partial charge in [-0.15, -0.1) is 0 Å². The van der Waals surface area contributed by atoms with E-state index in [2.05, 4.69) is 63.9 Å². The lowest BCUT2D eigenvalue weighted by Crippen LogP contribution is -2.38. The fourth-order valence-corrected chi connectivity index (χ4v) is 11.5. The Morgan fingerprint density at radius 1 is 0.581 bits per heavy atom. The molecule has 2 aliphatic carbocycles. The lowest BCUT2D eigenvalue weighted by Gasteiger charge is -2.41. The van der Waals surface area contributed by atoms with Gasteiger partial charge in [0, 0.05) is 29.5 Å². The second kappa shape index (κ2) is 7.68. The van der Waals surface area contributed by atoms with Crippen molar-refractivity contribution in [3.8, 4) is 11.1 Å². The fraction of sp³-hybridized carbons (Fsp3) is 0.571. The Bertz CT molecular complexity index is 909. The van der Waals surface area contributed by atoms with Gasteiger partial charge in [-0.05, 0) is 67.6 Å². The minimum Gasteiger partial charge on any atom is -0.258 e. The molecule has 3 heteroatoms. The van der Waals surface area contributed by atoms with Crippen molar-refractivity contribution >= 4 is 13.5 Å². The number of hydrogen-bond donors (Lipinski definition) is 0. The summed E-state index contributed by atoms with van der Waals surface area (Å²) < 4.78 is 6.25. The van der Waals surface area contributed by atoms with Crippen molar-refractivity contribution in [1.82, 2.24) is 9.34 Å². The van der Waals surface area contributed by atoms with E-state index in [9.17, 15) is 0 Å². The Morgan fingerprint density at radius 3 is 1.81 bits per heavy atom. The van der Waals surface area contributed by atoms with Gasteiger partial charge >= 0.3 is 0 Å². The van der Waals surface area contributed by atoms with E-state index in [-0.39, 0.29) is 8.22 Å². The second-order valence-corrected chi connectivity index (χ2v) is 12.8. The molecule has 2 saturated carbocycles. The summed E-state index contributed by atoms with van der Waals surface area (Å²) in [6.07, 6.45) is 14.7. The van der Waals surface area contributed by atoms with E-state index in [1.165, 1.54) is 75.3 Å². The summed E-state index contributed by atoms with van der Waals surface area (Å²) in [5, 5.41) is 1.63. The minimum absolute atomic E-state index is 0.348. The molecule has 31 heavy (non-hydrogen) atoms. The molecule has 3 aliphatic heterocycles. The number of nitrogens with zero attached hydrogens (tertiary/aromatic N) is 2. The average molecular weight is 431 g/mol. The first-order valence-electron chi connectivity index (χ1n) is 12.9. The van der Waals surface area contributed by atoms with Crippen LogP contribution in [0.1, 0.15) is 64.2 Å².